The molecule has 14 heteroatoms. The molecule has 0 saturated heterocycles. The zero-order chi connectivity index (χ0) is 27.5. The first-order valence-corrected chi connectivity index (χ1v) is 15.3. The fourth-order valence-corrected chi connectivity index (χ4v) is 6.18. The molecule has 2 N–H and O–H groups in total. The Hall–Kier alpha value is -3.19. The van der Waals surface area contributed by atoms with Crippen molar-refractivity contribution < 1.29 is 31.1 Å². The highest BCUT2D eigenvalue weighted by Crippen LogP contribution is 2.36. The number of carbonyl (C=O) groups is 1. The van der Waals surface area contributed by atoms with E-state index in [1.807, 2.05) is 0 Å². The molecule has 0 unspecified atom stereocenters. The zero-order valence-corrected chi connectivity index (χ0v) is 23.1. The molecule has 0 atom stereocenters. The second-order valence-corrected chi connectivity index (χ2v) is 12.7. The van der Waals surface area contributed by atoms with Gasteiger partial charge in [0.05, 0.1) is 27.5 Å². The van der Waals surface area contributed by atoms with E-state index < -0.39 is 20.0 Å². The van der Waals surface area contributed by atoms with Crippen molar-refractivity contribution in [3.8, 4) is 11.5 Å². The monoisotopic (exact) mass is 599 g/mol. The van der Waals surface area contributed by atoms with Gasteiger partial charge in [0, 0.05) is 29.7 Å². The van der Waals surface area contributed by atoms with Crippen LogP contribution in [0.2, 0.25) is 10.0 Å². The summed E-state index contributed by atoms with van der Waals surface area (Å²) in [5.74, 6) is 0.626. The maximum atomic E-state index is 12.7. The molecule has 1 aliphatic rings. The highest BCUT2D eigenvalue weighted by molar-refractivity contribution is 7.92. The average Bonchev–Trinajstić information content (AvgIpc) is 3.31. The summed E-state index contributed by atoms with van der Waals surface area (Å²) in [7, 11) is -7.54. The van der Waals surface area contributed by atoms with Crippen LogP contribution in [0.25, 0.3) is 0 Å². The van der Waals surface area contributed by atoms with Gasteiger partial charge in [-0.15, -0.1) is 0 Å². The van der Waals surface area contributed by atoms with Crippen molar-refractivity contribution in [1.29, 1.82) is 0 Å². The molecule has 0 saturated carbocycles. The number of fused-ring (bicyclic) bond motifs is 1. The van der Waals surface area contributed by atoms with Crippen molar-refractivity contribution >= 4 is 66.2 Å². The minimum absolute atomic E-state index is 0.0333. The molecule has 10 nitrogen and oxygen atoms in total. The molecule has 3 aromatic rings. The summed E-state index contributed by atoms with van der Waals surface area (Å²) in [6, 6.07) is 14.8. The predicted octanol–water partition coefficient (Wildman–Crippen LogP) is 4.71. The topological polar surface area (TPSA) is 131 Å². The fourth-order valence-electron chi connectivity index (χ4n) is 3.63. The maximum absolute atomic E-state index is 12.7. The van der Waals surface area contributed by atoms with Gasteiger partial charge >= 0.3 is 0 Å². The lowest BCUT2D eigenvalue weighted by Crippen LogP contribution is -2.31. The van der Waals surface area contributed by atoms with Gasteiger partial charge in [0.2, 0.25) is 22.7 Å². The summed E-state index contributed by atoms with van der Waals surface area (Å²) >= 11 is 11.9. The Bertz CT molecular complexity index is 1560. The van der Waals surface area contributed by atoms with E-state index >= 15 is 0 Å². The van der Waals surface area contributed by atoms with E-state index in [4.69, 9.17) is 32.7 Å². The number of benzene rings is 3. The standard InChI is InChI=1S/C24H23Cl2N3O7S2/c1-37(31,32)29(18-7-11-22-23(14-18)36-15-35-22)12-2-3-24(30)27-17-5-8-19(9-6-17)38(33,34)28-21-10-4-16(25)13-20(21)26/h4-11,13-14,28H,2-3,12,15H2,1H3,(H,27,30). The van der Waals surface area contributed by atoms with Crippen LogP contribution in [0.3, 0.4) is 0 Å². The number of halogens is 2. The van der Waals surface area contributed by atoms with Gasteiger partial charge in [-0.05, 0) is 61.0 Å². The predicted molar refractivity (Wildman–Crippen MR) is 146 cm³/mol. The Labute approximate surface area is 230 Å². The van der Waals surface area contributed by atoms with E-state index in [9.17, 15) is 21.6 Å². The molecule has 0 aliphatic carbocycles. The van der Waals surface area contributed by atoms with Gasteiger partial charge < -0.3 is 14.8 Å². The molecule has 0 bridgehead atoms. The van der Waals surface area contributed by atoms with Crippen LogP contribution in [0, 0.1) is 0 Å². The van der Waals surface area contributed by atoms with Gasteiger partial charge in [0.15, 0.2) is 11.5 Å². The highest BCUT2D eigenvalue weighted by atomic mass is 35.5. The van der Waals surface area contributed by atoms with Crippen LogP contribution in [-0.4, -0.2) is 42.3 Å². The number of hydrogen-bond donors (Lipinski definition) is 2. The molecule has 1 amide bonds. The maximum Gasteiger partial charge on any atom is 0.261 e. The molecular formula is C24H23Cl2N3O7S2. The van der Waals surface area contributed by atoms with Crippen LogP contribution in [0.4, 0.5) is 17.1 Å². The SMILES string of the molecule is CS(=O)(=O)N(CCCC(=O)Nc1ccc(S(=O)(=O)Nc2ccc(Cl)cc2Cl)cc1)c1ccc2c(c1)OCO2. The van der Waals surface area contributed by atoms with Crippen molar-refractivity contribution in [3.63, 3.8) is 0 Å². The van der Waals surface area contributed by atoms with Crippen LogP contribution in [0.5, 0.6) is 11.5 Å². The van der Waals surface area contributed by atoms with Gasteiger partial charge in [0.1, 0.15) is 0 Å². The van der Waals surface area contributed by atoms with E-state index in [1.54, 1.807) is 18.2 Å². The number of hydrogen-bond acceptors (Lipinski definition) is 7. The minimum atomic E-state index is -3.93. The average molecular weight is 601 g/mol. The number of anilines is 3. The van der Waals surface area contributed by atoms with Gasteiger partial charge in [-0.3, -0.25) is 13.8 Å². The first-order chi connectivity index (χ1) is 17.9. The number of ether oxygens (including phenoxy) is 2. The molecule has 3 aromatic carbocycles. The third kappa shape index (κ3) is 6.81. The van der Waals surface area contributed by atoms with Gasteiger partial charge in [-0.1, -0.05) is 23.2 Å². The molecule has 0 spiro atoms. The van der Waals surface area contributed by atoms with E-state index in [0.29, 0.717) is 27.9 Å². The summed E-state index contributed by atoms with van der Waals surface area (Å²) in [4.78, 5) is 12.4. The largest absolute Gasteiger partial charge is 0.454 e. The number of amides is 1. The van der Waals surface area contributed by atoms with Crippen LogP contribution in [0.1, 0.15) is 12.8 Å². The summed E-state index contributed by atoms with van der Waals surface area (Å²) in [6.07, 6.45) is 1.36. The molecule has 1 heterocycles. The Morgan fingerprint density at radius 1 is 0.947 bits per heavy atom. The van der Waals surface area contributed by atoms with Crippen molar-refractivity contribution in [2.24, 2.45) is 0 Å². The first-order valence-electron chi connectivity index (χ1n) is 11.2. The van der Waals surface area contributed by atoms with E-state index in [0.717, 1.165) is 6.26 Å². The Morgan fingerprint density at radius 3 is 2.34 bits per heavy atom. The lowest BCUT2D eigenvalue weighted by molar-refractivity contribution is -0.116. The quantitative estimate of drug-likeness (QED) is 0.345. The number of carbonyl (C=O) groups excluding carboxylic acids is 1. The molecule has 0 aromatic heterocycles. The number of sulfonamides is 2. The second-order valence-electron chi connectivity index (χ2n) is 8.28. The smallest absolute Gasteiger partial charge is 0.261 e. The number of nitrogens with zero attached hydrogens (tertiary/aromatic N) is 1. The third-order valence-corrected chi connectivity index (χ3v) is 8.56. The second kappa shape index (κ2) is 11.3. The van der Waals surface area contributed by atoms with Crippen LogP contribution in [0.15, 0.2) is 65.6 Å². The fraction of sp³-hybridized carbons (Fsp3) is 0.208. The summed E-state index contributed by atoms with van der Waals surface area (Å²) in [5, 5.41) is 3.20. The Kier molecular flexibility index (Phi) is 8.26. The summed E-state index contributed by atoms with van der Waals surface area (Å²) in [6.45, 7) is 0.139. The van der Waals surface area contributed by atoms with Crippen molar-refractivity contribution in [2.45, 2.75) is 17.7 Å². The Balaban J connectivity index is 1.33. The van der Waals surface area contributed by atoms with E-state index in [1.165, 1.54) is 46.8 Å². The number of nitrogens with one attached hydrogen (secondary N) is 2. The zero-order valence-electron chi connectivity index (χ0n) is 20.0. The number of rotatable bonds is 10. The van der Waals surface area contributed by atoms with Crippen molar-refractivity contribution in [1.82, 2.24) is 0 Å². The van der Waals surface area contributed by atoms with Crippen molar-refractivity contribution in [3.05, 3.63) is 70.7 Å². The van der Waals surface area contributed by atoms with E-state index in [-0.39, 0.29) is 47.7 Å². The van der Waals surface area contributed by atoms with Crippen LogP contribution >= 0.6 is 23.2 Å². The van der Waals surface area contributed by atoms with Crippen LogP contribution in [-0.2, 0) is 24.8 Å². The molecule has 1 aliphatic heterocycles. The summed E-state index contributed by atoms with van der Waals surface area (Å²) in [5.41, 5.74) is 0.967. The molecular weight excluding hydrogens is 577 g/mol. The summed E-state index contributed by atoms with van der Waals surface area (Å²) < 4.78 is 64.2. The molecule has 0 radical (unpaired) electrons. The highest BCUT2D eigenvalue weighted by Gasteiger charge is 2.22. The lowest BCUT2D eigenvalue weighted by atomic mass is 10.2. The Morgan fingerprint density at radius 2 is 1.66 bits per heavy atom. The minimum Gasteiger partial charge on any atom is -0.454 e. The van der Waals surface area contributed by atoms with E-state index in [2.05, 4.69) is 10.0 Å². The lowest BCUT2D eigenvalue weighted by Gasteiger charge is -2.22. The normalized spacial score (nSPS) is 12.7. The van der Waals surface area contributed by atoms with Gasteiger partial charge in [-0.2, -0.15) is 0 Å². The third-order valence-electron chi connectivity index (χ3n) is 5.43. The van der Waals surface area contributed by atoms with Crippen molar-refractivity contribution in [2.75, 3.05) is 33.9 Å². The van der Waals surface area contributed by atoms with Crippen LogP contribution < -0.4 is 23.8 Å². The molecule has 4 rings (SSSR count). The molecule has 0 fully saturated rings. The van der Waals surface area contributed by atoms with Gasteiger partial charge in [-0.25, -0.2) is 16.8 Å². The molecule has 202 valence electrons. The van der Waals surface area contributed by atoms with Gasteiger partial charge in [0.25, 0.3) is 10.0 Å². The first kappa shape index (κ1) is 27.8. The molecule has 38 heavy (non-hydrogen) atoms.